The quantitative estimate of drug-likeness (QED) is 0.191. The summed E-state index contributed by atoms with van der Waals surface area (Å²) in [7, 11) is 0. The molecule has 7 rings (SSSR count). The first-order valence-corrected chi connectivity index (χ1v) is 12.4. The first-order valence-electron chi connectivity index (χ1n) is 12.4. The van der Waals surface area contributed by atoms with E-state index >= 15 is 0 Å². The van der Waals surface area contributed by atoms with E-state index in [4.69, 9.17) is 4.74 Å². The minimum Gasteiger partial charge on any atom is -0.394 e. The Labute approximate surface area is 215 Å². The fourth-order valence-corrected chi connectivity index (χ4v) is 5.70. The normalized spacial score (nSPS) is 19.5. The minimum atomic E-state index is -0.910. The van der Waals surface area contributed by atoms with Crippen molar-refractivity contribution in [2.45, 2.75) is 24.9 Å². The van der Waals surface area contributed by atoms with Crippen molar-refractivity contribution in [3.05, 3.63) is 105 Å². The molecular weight excluding hydrogens is 480 g/mol. The summed E-state index contributed by atoms with van der Waals surface area (Å²) in [6.45, 7) is -0.368. The molecule has 1 fully saturated rings. The zero-order valence-corrected chi connectivity index (χ0v) is 20.1. The average molecular weight is 503 g/mol. The molecule has 3 N–H and O–H groups in total. The Morgan fingerprint density at radius 3 is 2.24 bits per heavy atom. The Kier molecular flexibility index (Phi) is 5.10. The van der Waals surface area contributed by atoms with Gasteiger partial charge in [-0.3, -0.25) is 14.3 Å². The van der Waals surface area contributed by atoms with Crippen molar-refractivity contribution in [2.24, 2.45) is 0 Å². The number of aliphatic hydroxyl groups excluding tert-OH is 2. The molecule has 2 heterocycles. The van der Waals surface area contributed by atoms with Crippen LogP contribution in [-0.2, 0) is 4.74 Å². The number of H-pyrrole nitrogens is 1. The van der Waals surface area contributed by atoms with Crippen molar-refractivity contribution in [1.82, 2.24) is 9.55 Å². The Bertz CT molecular complexity index is 2060. The van der Waals surface area contributed by atoms with E-state index in [1.54, 1.807) is 0 Å². The number of aliphatic hydroxyl groups is 2. The Morgan fingerprint density at radius 1 is 0.895 bits per heavy atom. The van der Waals surface area contributed by atoms with Crippen molar-refractivity contribution in [3.63, 3.8) is 0 Å². The Balaban J connectivity index is 1.39. The van der Waals surface area contributed by atoms with Gasteiger partial charge >= 0.3 is 5.69 Å². The molecule has 0 radical (unpaired) electrons. The predicted octanol–water partition coefficient (Wildman–Crippen LogP) is 3.63. The van der Waals surface area contributed by atoms with Crippen molar-refractivity contribution in [3.8, 4) is 11.8 Å². The summed E-state index contributed by atoms with van der Waals surface area (Å²) in [5, 5.41) is 28.7. The van der Waals surface area contributed by atoms with Gasteiger partial charge in [-0.05, 0) is 55.2 Å². The molecule has 5 aromatic carbocycles. The average Bonchev–Trinajstić information content (AvgIpc) is 3.31. The molecule has 7 heteroatoms. The summed E-state index contributed by atoms with van der Waals surface area (Å²) in [6, 6.07) is 23.0. The number of aromatic nitrogens is 2. The lowest BCUT2D eigenvalue weighted by atomic mass is 9.89. The van der Waals surface area contributed by atoms with Crippen LogP contribution in [0.5, 0.6) is 0 Å². The fourth-order valence-electron chi connectivity index (χ4n) is 5.70. The zero-order chi connectivity index (χ0) is 26.0. The molecule has 3 atom stereocenters. The monoisotopic (exact) mass is 502 g/mol. The molecule has 0 amide bonds. The number of benzene rings is 5. The molecule has 0 unspecified atom stereocenters. The smallest absolute Gasteiger partial charge is 0.330 e. The predicted molar refractivity (Wildman–Crippen MR) is 147 cm³/mol. The summed E-state index contributed by atoms with van der Waals surface area (Å²) >= 11 is 0. The lowest BCUT2D eigenvalue weighted by molar-refractivity contribution is -0.0459. The largest absolute Gasteiger partial charge is 0.394 e. The van der Waals surface area contributed by atoms with Gasteiger partial charge in [0.1, 0.15) is 17.9 Å². The molecule has 0 bridgehead atoms. The van der Waals surface area contributed by atoms with Crippen LogP contribution in [0.25, 0.3) is 43.1 Å². The van der Waals surface area contributed by atoms with Crippen molar-refractivity contribution >= 4 is 43.1 Å². The lowest BCUT2D eigenvalue weighted by Gasteiger charge is -2.14. The molecule has 186 valence electrons. The van der Waals surface area contributed by atoms with E-state index in [1.807, 2.05) is 12.1 Å². The highest BCUT2D eigenvalue weighted by molar-refractivity contribution is 6.33. The van der Waals surface area contributed by atoms with Crippen LogP contribution in [-0.4, -0.2) is 38.6 Å². The van der Waals surface area contributed by atoms with Crippen molar-refractivity contribution < 1.29 is 14.9 Å². The number of fused-ring (bicyclic) bond motifs is 2. The lowest BCUT2D eigenvalue weighted by Crippen LogP contribution is -2.33. The summed E-state index contributed by atoms with van der Waals surface area (Å²) < 4.78 is 6.80. The van der Waals surface area contributed by atoms with Gasteiger partial charge in [0.05, 0.1) is 12.7 Å². The van der Waals surface area contributed by atoms with Gasteiger partial charge < -0.3 is 14.9 Å². The van der Waals surface area contributed by atoms with Gasteiger partial charge in [0.2, 0.25) is 0 Å². The van der Waals surface area contributed by atoms with Crippen LogP contribution >= 0.6 is 0 Å². The van der Waals surface area contributed by atoms with E-state index in [1.165, 1.54) is 37.7 Å². The molecule has 7 nitrogen and oxygen atoms in total. The molecular formula is C31H22N2O5. The van der Waals surface area contributed by atoms with Gasteiger partial charge in [0.25, 0.3) is 5.56 Å². The van der Waals surface area contributed by atoms with Crippen LogP contribution in [0.2, 0.25) is 0 Å². The van der Waals surface area contributed by atoms with Crippen molar-refractivity contribution in [2.75, 3.05) is 6.61 Å². The molecule has 0 saturated carbocycles. The third kappa shape index (κ3) is 3.43. The molecule has 1 aliphatic heterocycles. The van der Waals surface area contributed by atoms with E-state index in [0.29, 0.717) is 0 Å². The van der Waals surface area contributed by atoms with Crippen LogP contribution in [0.15, 0.2) is 82.5 Å². The van der Waals surface area contributed by atoms with Gasteiger partial charge in [-0.1, -0.05) is 66.4 Å². The highest BCUT2D eigenvalue weighted by atomic mass is 16.5. The Morgan fingerprint density at radius 2 is 1.55 bits per heavy atom. The van der Waals surface area contributed by atoms with Crippen LogP contribution < -0.4 is 11.2 Å². The third-order valence-corrected chi connectivity index (χ3v) is 7.47. The maximum atomic E-state index is 12.6. The molecule has 38 heavy (non-hydrogen) atoms. The SMILES string of the molecule is O=c1[nH]c(=O)n([C@H]2C[C@H](O)[C@@H](CO)O2)cc1C#Cc1cc2cccc3c4cccc5cccc(c(c1)c23)c54. The van der Waals surface area contributed by atoms with Crippen LogP contribution in [0, 0.1) is 11.8 Å². The second-order valence-electron chi connectivity index (χ2n) is 9.71. The standard InChI is InChI=1S/C31H22N2O5/c34-16-26-25(35)14-27(38-26)33-15-20(30(36)32-31(33)37)11-10-17-12-19-6-3-8-22-21-7-1-4-18-5-2-9-23(28(18)21)24(13-17)29(19)22/h1-9,12-13,15,25-27,34-35H,14,16H2,(H,32,36,37)/t25-,26+,27+/m0/s1. The second kappa shape index (κ2) is 8.54. The van der Waals surface area contributed by atoms with E-state index in [0.717, 1.165) is 21.7 Å². The minimum absolute atomic E-state index is 0.102. The van der Waals surface area contributed by atoms with Gasteiger partial charge in [-0.15, -0.1) is 0 Å². The first kappa shape index (κ1) is 22.7. The van der Waals surface area contributed by atoms with Gasteiger partial charge in [0.15, 0.2) is 0 Å². The molecule has 0 aliphatic carbocycles. The summed E-state index contributed by atoms with van der Waals surface area (Å²) in [5.74, 6) is 6.05. The number of rotatable bonds is 2. The number of hydrogen-bond acceptors (Lipinski definition) is 5. The second-order valence-corrected chi connectivity index (χ2v) is 9.71. The highest BCUT2D eigenvalue weighted by Gasteiger charge is 2.35. The maximum absolute atomic E-state index is 12.6. The number of nitrogens with zero attached hydrogens (tertiary/aromatic N) is 1. The molecule has 0 spiro atoms. The molecule has 1 aromatic heterocycles. The summed E-state index contributed by atoms with van der Waals surface area (Å²) in [5.41, 5.74) is -0.416. The molecule has 6 aromatic rings. The number of aromatic amines is 1. The maximum Gasteiger partial charge on any atom is 0.330 e. The number of nitrogens with one attached hydrogen (secondary N) is 1. The Hall–Kier alpha value is -4.48. The van der Waals surface area contributed by atoms with E-state index in [-0.39, 0.29) is 18.6 Å². The van der Waals surface area contributed by atoms with Crippen LogP contribution in [0.4, 0.5) is 0 Å². The van der Waals surface area contributed by atoms with Crippen molar-refractivity contribution in [1.29, 1.82) is 0 Å². The number of ether oxygens (including phenoxy) is 1. The fraction of sp³-hybridized carbons (Fsp3) is 0.161. The number of hydrogen-bond donors (Lipinski definition) is 3. The highest BCUT2D eigenvalue weighted by Crippen LogP contribution is 2.40. The van der Waals surface area contributed by atoms with Gasteiger partial charge in [0, 0.05) is 18.2 Å². The topological polar surface area (TPSA) is 105 Å². The first-order chi connectivity index (χ1) is 18.5. The molecule has 1 saturated heterocycles. The molecule has 1 aliphatic rings. The van der Waals surface area contributed by atoms with E-state index < -0.39 is 29.7 Å². The van der Waals surface area contributed by atoms with Crippen LogP contribution in [0.3, 0.4) is 0 Å². The van der Waals surface area contributed by atoms with E-state index in [9.17, 15) is 19.8 Å². The summed E-state index contributed by atoms with van der Waals surface area (Å²) in [6.07, 6.45) is -1.04. The zero-order valence-electron chi connectivity index (χ0n) is 20.1. The van der Waals surface area contributed by atoms with E-state index in [2.05, 4.69) is 71.4 Å². The summed E-state index contributed by atoms with van der Waals surface area (Å²) in [4.78, 5) is 27.3. The van der Waals surface area contributed by atoms with Gasteiger partial charge in [-0.25, -0.2) is 4.79 Å². The van der Waals surface area contributed by atoms with Gasteiger partial charge in [-0.2, -0.15) is 0 Å². The third-order valence-electron chi connectivity index (χ3n) is 7.47. The van der Waals surface area contributed by atoms with Crippen LogP contribution in [0.1, 0.15) is 23.8 Å².